The third-order valence-corrected chi connectivity index (χ3v) is 6.06. The molecule has 0 unspecified atom stereocenters. The smallest absolute Gasteiger partial charge is 0.0688 e. The van der Waals surface area contributed by atoms with Crippen molar-refractivity contribution in [3.63, 3.8) is 0 Å². The Labute approximate surface area is 145 Å². The van der Waals surface area contributed by atoms with E-state index in [0.29, 0.717) is 0 Å². The van der Waals surface area contributed by atoms with Gasteiger partial charge in [-0.3, -0.25) is 4.99 Å². The lowest BCUT2D eigenvalue weighted by molar-refractivity contribution is 1.29. The van der Waals surface area contributed by atoms with Crippen LogP contribution in [0.4, 0.5) is 5.69 Å². The zero-order valence-electron chi connectivity index (χ0n) is 14.4. The third kappa shape index (κ3) is 3.80. The van der Waals surface area contributed by atoms with Gasteiger partial charge in [0, 0.05) is 5.96 Å². The van der Waals surface area contributed by atoms with Gasteiger partial charge in [-0.1, -0.05) is 78.4 Å². The zero-order valence-corrected chi connectivity index (χ0v) is 15.3. The molecule has 0 fully saturated rings. The van der Waals surface area contributed by atoms with Crippen molar-refractivity contribution < 1.29 is 0 Å². The van der Waals surface area contributed by atoms with Crippen LogP contribution < -0.4 is 10.6 Å². The van der Waals surface area contributed by atoms with Gasteiger partial charge in [-0.15, -0.1) is 0 Å². The lowest BCUT2D eigenvalue weighted by atomic mass is 10.1. The maximum Gasteiger partial charge on any atom is 0.0688 e. The van der Waals surface area contributed by atoms with E-state index in [4.69, 9.17) is 4.99 Å². The summed E-state index contributed by atoms with van der Waals surface area (Å²) < 4.78 is 0. The molecule has 3 aromatic rings. The predicted octanol–water partition coefficient (Wildman–Crippen LogP) is 5.40. The van der Waals surface area contributed by atoms with Crippen molar-refractivity contribution in [3.05, 3.63) is 89.5 Å². The van der Waals surface area contributed by atoms with E-state index in [1.54, 1.807) is 0 Å². The quantitative estimate of drug-likeness (QED) is 0.448. The van der Waals surface area contributed by atoms with Gasteiger partial charge in [0.25, 0.3) is 0 Å². The molecule has 1 nitrogen and oxygen atoms in total. The topological polar surface area (TPSA) is 12.4 Å². The summed E-state index contributed by atoms with van der Waals surface area (Å²) in [6.07, 6.45) is 0. The van der Waals surface area contributed by atoms with Gasteiger partial charge >= 0.3 is 0 Å². The maximum atomic E-state index is 4.90. The maximum absolute atomic E-state index is 4.90. The van der Waals surface area contributed by atoms with E-state index in [1.807, 2.05) is 0 Å². The average Bonchev–Trinajstić information content (AvgIpc) is 2.59. The number of nitrogens with zero attached hydrogens (tertiary/aromatic N) is 1. The molecule has 0 spiro atoms. The van der Waals surface area contributed by atoms with Gasteiger partial charge in [0.05, 0.1) is 5.69 Å². The van der Waals surface area contributed by atoms with Crippen LogP contribution in [-0.2, 0) is 0 Å². The van der Waals surface area contributed by atoms with Crippen molar-refractivity contribution in [2.24, 2.45) is 4.99 Å². The molecule has 0 saturated carbocycles. The highest BCUT2D eigenvalue weighted by molar-refractivity contribution is 7.86. The lowest BCUT2D eigenvalue weighted by Gasteiger charge is -2.14. The minimum atomic E-state index is -0.599. The molecule has 0 saturated heterocycles. The standard InChI is InChI=1S/C22H22NP/c1-17-14-18(2)22(19(3)15-17)23-16-24(20-10-6-4-7-11-20)21-12-8-5-9-13-21/h4-16H,1-3H3. The first-order chi connectivity index (χ1) is 11.6. The van der Waals surface area contributed by atoms with Crippen molar-refractivity contribution in [2.45, 2.75) is 20.8 Å². The van der Waals surface area contributed by atoms with Gasteiger partial charge in [-0.2, -0.15) is 0 Å². The summed E-state index contributed by atoms with van der Waals surface area (Å²) in [5.74, 6) is 2.14. The number of benzene rings is 3. The normalized spacial score (nSPS) is 11.3. The molecule has 0 aliphatic rings. The summed E-state index contributed by atoms with van der Waals surface area (Å²) in [6, 6.07) is 25.7. The molecule has 24 heavy (non-hydrogen) atoms. The van der Waals surface area contributed by atoms with Gasteiger partial charge < -0.3 is 0 Å². The number of hydrogen-bond acceptors (Lipinski definition) is 1. The molecule has 0 bridgehead atoms. The van der Waals surface area contributed by atoms with Crippen molar-refractivity contribution in [1.29, 1.82) is 0 Å². The van der Waals surface area contributed by atoms with Gasteiger partial charge in [0.2, 0.25) is 0 Å². The Morgan fingerprint density at radius 1 is 0.708 bits per heavy atom. The van der Waals surface area contributed by atoms with E-state index in [9.17, 15) is 0 Å². The highest BCUT2D eigenvalue weighted by Gasteiger charge is 2.11. The van der Waals surface area contributed by atoms with Gasteiger partial charge in [0.1, 0.15) is 0 Å². The number of rotatable bonds is 4. The summed E-state index contributed by atoms with van der Waals surface area (Å²) in [4.78, 5) is 4.90. The van der Waals surface area contributed by atoms with Gasteiger partial charge in [-0.25, -0.2) is 0 Å². The molecule has 0 heterocycles. The Kier molecular flexibility index (Phi) is 5.23. The highest BCUT2D eigenvalue weighted by atomic mass is 31.1. The molecule has 0 aromatic heterocycles. The van der Waals surface area contributed by atoms with Crippen LogP contribution in [0.15, 0.2) is 77.8 Å². The molecule has 0 N–H and O–H groups in total. The van der Waals surface area contributed by atoms with Crippen molar-refractivity contribution in [2.75, 3.05) is 0 Å². The van der Waals surface area contributed by atoms with Crippen molar-refractivity contribution >= 4 is 30.2 Å². The zero-order chi connectivity index (χ0) is 16.9. The van der Waals surface area contributed by atoms with Crippen molar-refractivity contribution in [1.82, 2.24) is 0 Å². The Hall–Kier alpha value is -2.24. The first-order valence-electron chi connectivity index (χ1n) is 8.16. The minimum Gasteiger partial charge on any atom is -0.255 e. The third-order valence-electron chi connectivity index (χ3n) is 4.01. The Balaban J connectivity index is 2.02. The minimum absolute atomic E-state index is 0.599. The van der Waals surface area contributed by atoms with E-state index in [0.717, 1.165) is 5.69 Å². The first-order valence-corrected chi connectivity index (χ1v) is 9.57. The molecule has 0 atom stereocenters. The fourth-order valence-electron chi connectivity index (χ4n) is 2.95. The summed E-state index contributed by atoms with van der Waals surface area (Å²) in [5.41, 5.74) is 4.86. The van der Waals surface area contributed by atoms with E-state index < -0.39 is 7.92 Å². The fraction of sp³-hybridized carbons (Fsp3) is 0.136. The van der Waals surface area contributed by atoms with Crippen LogP contribution in [0.25, 0.3) is 0 Å². The summed E-state index contributed by atoms with van der Waals surface area (Å²) in [7, 11) is -0.599. The van der Waals surface area contributed by atoms with Crippen LogP contribution in [-0.4, -0.2) is 5.96 Å². The van der Waals surface area contributed by atoms with Crippen LogP contribution in [0.2, 0.25) is 0 Å². The number of hydrogen-bond donors (Lipinski definition) is 0. The molecule has 120 valence electrons. The van der Waals surface area contributed by atoms with Crippen LogP contribution in [0.5, 0.6) is 0 Å². The second-order valence-electron chi connectivity index (χ2n) is 6.03. The number of aliphatic imine (C=N–C) groups is 1. The molecule has 0 amide bonds. The number of aryl methyl sites for hydroxylation is 3. The lowest BCUT2D eigenvalue weighted by Crippen LogP contribution is -2.11. The molecule has 2 heteroatoms. The first kappa shape index (κ1) is 16.6. The molecule has 0 radical (unpaired) electrons. The van der Waals surface area contributed by atoms with Crippen LogP contribution in [0.1, 0.15) is 16.7 Å². The monoisotopic (exact) mass is 331 g/mol. The molecule has 0 aliphatic heterocycles. The van der Waals surface area contributed by atoms with Crippen molar-refractivity contribution in [3.8, 4) is 0 Å². The summed E-state index contributed by atoms with van der Waals surface area (Å²) >= 11 is 0. The van der Waals surface area contributed by atoms with E-state index in [2.05, 4.69) is 99.5 Å². The fourth-order valence-corrected chi connectivity index (χ4v) is 4.73. The second kappa shape index (κ2) is 7.55. The van der Waals surface area contributed by atoms with Crippen LogP contribution in [0, 0.1) is 20.8 Å². The van der Waals surface area contributed by atoms with Crippen LogP contribution in [0.3, 0.4) is 0 Å². The largest absolute Gasteiger partial charge is 0.255 e. The predicted molar refractivity (Wildman–Crippen MR) is 108 cm³/mol. The summed E-state index contributed by atoms with van der Waals surface area (Å²) in [5, 5.41) is 2.65. The van der Waals surface area contributed by atoms with E-state index in [1.165, 1.54) is 27.3 Å². The summed E-state index contributed by atoms with van der Waals surface area (Å²) in [6.45, 7) is 6.41. The molecular formula is C22H22NP. The van der Waals surface area contributed by atoms with E-state index in [-0.39, 0.29) is 0 Å². The average molecular weight is 331 g/mol. The Bertz CT molecular complexity index is 776. The molecular weight excluding hydrogens is 309 g/mol. The second-order valence-corrected chi connectivity index (χ2v) is 8.04. The van der Waals surface area contributed by atoms with Gasteiger partial charge in [0.15, 0.2) is 0 Å². The Morgan fingerprint density at radius 2 is 1.17 bits per heavy atom. The molecule has 3 rings (SSSR count). The van der Waals surface area contributed by atoms with E-state index >= 15 is 0 Å². The molecule has 0 aliphatic carbocycles. The van der Waals surface area contributed by atoms with Gasteiger partial charge in [-0.05, 0) is 50.4 Å². The molecule has 3 aromatic carbocycles. The highest BCUT2D eigenvalue weighted by Crippen LogP contribution is 2.33. The SMILES string of the molecule is Cc1cc(C)c(N=CP(c2ccccc2)c2ccccc2)c(C)c1. The Morgan fingerprint density at radius 3 is 1.62 bits per heavy atom. The van der Waals surface area contributed by atoms with Crippen LogP contribution >= 0.6 is 7.92 Å².